The second-order valence-electron chi connectivity index (χ2n) is 6.57. The lowest BCUT2D eigenvalue weighted by Crippen LogP contribution is -2.48. The van der Waals surface area contributed by atoms with E-state index < -0.39 is 0 Å². The fourth-order valence-electron chi connectivity index (χ4n) is 1.66. The van der Waals surface area contributed by atoms with Crippen molar-refractivity contribution in [1.29, 1.82) is 0 Å². The van der Waals surface area contributed by atoms with Crippen LogP contribution in [-0.4, -0.2) is 11.4 Å². The summed E-state index contributed by atoms with van der Waals surface area (Å²) in [6.45, 7) is 9.99. The molecular formula is C16H25NO. The Kier molecular flexibility index (Phi) is 4.55. The van der Waals surface area contributed by atoms with Gasteiger partial charge in [-0.3, -0.25) is 4.79 Å². The molecule has 1 amide bonds. The van der Waals surface area contributed by atoms with Crippen LogP contribution in [0, 0.1) is 5.41 Å². The first kappa shape index (κ1) is 14.7. The molecule has 18 heavy (non-hydrogen) atoms. The zero-order chi connectivity index (χ0) is 13.8. The van der Waals surface area contributed by atoms with Crippen LogP contribution >= 0.6 is 0 Å². The number of nitrogens with one attached hydrogen (secondary N) is 1. The van der Waals surface area contributed by atoms with Gasteiger partial charge in [0, 0.05) is 11.0 Å². The van der Waals surface area contributed by atoms with Crippen LogP contribution in [0.25, 0.3) is 0 Å². The van der Waals surface area contributed by atoms with Crippen LogP contribution < -0.4 is 5.32 Å². The van der Waals surface area contributed by atoms with Crippen LogP contribution in [0.15, 0.2) is 30.3 Å². The third-order valence-electron chi connectivity index (χ3n) is 3.01. The highest BCUT2D eigenvalue weighted by atomic mass is 16.2. The summed E-state index contributed by atoms with van der Waals surface area (Å²) in [5.41, 5.74) is 0.820. The Morgan fingerprint density at radius 2 is 1.61 bits per heavy atom. The highest BCUT2D eigenvalue weighted by Gasteiger charge is 2.27. The molecule has 0 radical (unpaired) electrons. The van der Waals surface area contributed by atoms with Gasteiger partial charge in [0.05, 0.1) is 0 Å². The van der Waals surface area contributed by atoms with Gasteiger partial charge in [-0.25, -0.2) is 0 Å². The van der Waals surface area contributed by atoms with Crippen LogP contribution in [0.1, 0.15) is 46.6 Å². The number of carbonyl (C=O) groups is 1. The Labute approximate surface area is 111 Å². The minimum absolute atomic E-state index is 0.112. The lowest BCUT2D eigenvalue weighted by molar-refractivity contribution is -0.130. The van der Waals surface area contributed by atoms with Crippen LogP contribution in [0.2, 0.25) is 0 Å². The van der Waals surface area contributed by atoms with E-state index in [2.05, 4.69) is 43.4 Å². The number of amides is 1. The van der Waals surface area contributed by atoms with Gasteiger partial charge in [0.15, 0.2) is 0 Å². The van der Waals surface area contributed by atoms with Gasteiger partial charge in [-0.1, -0.05) is 51.1 Å². The van der Waals surface area contributed by atoms with E-state index in [1.54, 1.807) is 0 Å². The van der Waals surface area contributed by atoms with Crippen molar-refractivity contribution in [3.05, 3.63) is 35.9 Å². The SMILES string of the molecule is CC(C)(CCc1ccccc1)NC(=O)C(C)(C)C. The lowest BCUT2D eigenvalue weighted by Gasteiger charge is -2.30. The Morgan fingerprint density at radius 3 is 2.11 bits per heavy atom. The zero-order valence-corrected chi connectivity index (χ0v) is 12.2. The summed E-state index contributed by atoms with van der Waals surface area (Å²) in [5.74, 6) is 0.112. The van der Waals surface area contributed by atoms with E-state index in [-0.39, 0.29) is 16.9 Å². The molecule has 1 rings (SSSR count). The van der Waals surface area contributed by atoms with Crippen LogP contribution in [0.3, 0.4) is 0 Å². The number of carbonyl (C=O) groups excluding carboxylic acids is 1. The smallest absolute Gasteiger partial charge is 0.225 e. The first-order valence-electron chi connectivity index (χ1n) is 6.57. The van der Waals surface area contributed by atoms with Crippen molar-refractivity contribution < 1.29 is 4.79 Å². The second kappa shape index (κ2) is 5.55. The van der Waals surface area contributed by atoms with Crippen LogP contribution in [-0.2, 0) is 11.2 Å². The van der Waals surface area contributed by atoms with Gasteiger partial charge in [0.2, 0.25) is 5.91 Å². The Hall–Kier alpha value is -1.31. The fraction of sp³-hybridized carbons (Fsp3) is 0.562. The molecule has 0 saturated carbocycles. The average Bonchev–Trinajstić information content (AvgIpc) is 2.26. The molecule has 0 spiro atoms. The summed E-state index contributed by atoms with van der Waals surface area (Å²) in [6, 6.07) is 10.4. The van der Waals surface area contributed by atoms with Crippen molar-refractivity contribution in [2.75, 3.05) is 0 Å². The molecule has 0 aromatic heterocycles. The standard InChI is InChI=1S/C16H25NO/c1-15(2,3)14(18)17-16(4,5)12-11-13-9-7-6-8-10-13/h6-10H,11-12H2,1-5H3,(H,17,18). The zero-order valence-electron chi connectivity index (χ0n) is 12.2. The lowest BCUT2D eigenvalue weighted by atomic mass is 9.90. The van der Waals surface area contributed by atoms with E-state index >= 15 is 0 Å². The molecule has 0 bridgehead atoms. The summed E-state index contributed by atoms with van der Waals surface area (Å²) in [7, 11) is 0. The van der Waals surface area contributed by atoms with E-state index in [0.29, 0.717) is 0 Å². The maximum atomic E-state index is 12.0. The maximum absolute atomic E-state index is 12.0. The molecule has 0 atom stereocenters. The third-order valence-corrected chi connectivity index (χ3v) is 3.01. The van der Waals surface area contributed by atoms with Gasteiger partial charge in [-0.2, -0.15) is 0 Å². The van der Waals surface area contributed by atoms with Gasteiger partial charge < -0.3 is 5.32 Å². The molecule has 0 fully saturated rings. The van der Waals surface area contributed by atoms with Crippen molar-refractivity contribution >= 4 is 5.91 Å². The van der Waals surface area contributed by atoms with E-state index in [9.17, 15) is 4.79 Å². The molecule has 0 aliphatic rings. The van der Waals surface area contributed by atoms with E-state index in [1.807, 2.05) is 26.8 Å². The Bertz CT molecular complexity index is 387. The predicted molar refractivity (Wildman–Crippen MR) is 76.4 cm³/mol. The largest absolute Gasteiger partial charge is 0.351 e. The Balaban J connectivity index is 2.53. The number of benzene rings is 1. The normalized spacial score (nSPS) is 12.3. The summed E-state index contributed by atoms with van der Waals surface area (Å²) in [6.07, 6.45) is 1.93. The molecule has 0 saturated heterocycles. The molecule has 0 aliphatic heterocycles. The number of rotatable bonds is 4. The van der Waals surface area contributed by atoms with Crippen molar-refractivity contribution in [3.8, 4) is 0 Å². The molecular weight excluding hydrogens is 222 g/mol. The fourth-order valence-corrected chi connectivity index (χ4v) is 1.66. The van der Waals surface area contributed by atoms with Crippen molar-refractivity contribution in [2.45, 2.75) is 53.0 Å². The maximum Gasteiger partial charge on any atom is 0.225 e. The minimum atomic E-state index is -0.329. The average molecular weight is 247 g/mol. The second-order valence-corrected chi connectivity index (χ2v) is 6.57. The number of aryl methyl sites for hydroxylation is 1. The van der Waals surface area contributed by atoms with Crippen molar-refractivity contribution in [2.24, 2.45) is 5.41 Å². The van der Waals surface area contributed by atoms with E-state index in [0.717, 1.165) is 12.8 Å². The monoisotopic (exact) mass is 247 g/mol. The van der Waals surface area contributed by atoms with E-state index in [4.69, 9.17) is 0 Å². The van der Waals surface area contributed by atoms with Gasteiger partial charge in [0.1, 0.15) is 0 Å². The summed E-state index contributed by atoms with van der Waals surface area (Å²) in [5, 5.41) is 3.13. The molecule has 2 heteroatoms. The van der Waals surface area contributed by atoms with Gasteiger partial charge in [0.25, 0.3) is 0 Å². The predicted octanol–water partition coefficient (Wildman–Crippen LogP) is 3.56. The van der Waals surface area contributed by atoms with Crippen molar-refractivity contribution in [1.82, 2.24) is 5.32 Å². The quantitative estimate of drug-likeness (QED) is 0.866. The molecule has 0 aliphatic carbocycles. The highest BCUT2D eigenvalue weighted by molar-refractivity contribution is 5.81. The first-order valence-corrected chi connectivity index (χ1v) is 6.57. The van der Waals surface area contributed by atoms with Gasteiger partial charge >= 0.3 is 0 Å². The van der Waals surface area contributed by atoms with Crippen molar-refractivity contribution in [3.63, 3.8) is 0 Å². The number of hydrogen-bond donors (Lipinski definition) is 1. The van der Waals surface area contributed by atoms with Gasteiger partial charge in [-0.05, 0) is 32.3 Å². The molecule has 1 aromatic rings. The third kappa shape index (κ3) is 4.91. The van der Waals surface area contributed by atoms with Crippen LogP contribution in [0.5, 0.6) is 0 Å². The topological polar surface area (TPSA) is 29.1 Å². The number of hydrogen-bond acceptors (Lipinski definition) is 1. The molecule has 0 heterocycles. The summed E-state index contributed by atoms with van der Waals surface area (Å²) in [4.78, 5) is 12.0. The molecule has 1 N–H and O–H groups in total. The molecule has 1 aromatic carbocycles. The molecule has 0 unspecified atom stereocenters. The first-order chi connectivity index (χ1) is 8.21. The highest BCUT2D eigenvalue weighted by Crippen LogP contribution is 2.18. The van der Waals surface area contributed by atoms with E-state index in [1.165, 1.54) is 5.56 Å². The molecule has 2 nitrogen and oxygen atoms in total. The minimum Gasteiger partial charge on any atom is -0.351 e. The van der Waals surface area contributed by atoms with Gasteiger partial charge in [-0.15, -0.1) is 0 Å². The summed E-state index contributed by atoms with van der Waals surface area (Å²) >= 11 is 0. The molecule has 100 valence electrons. The van der Waals surface area contributed by atoms with Crippen LogP contribution in [0.4, 0.5) is 0 Å². The Morgan fingerprint density at radius 1 is 1.06 bits per heavy atom. The summed E-state index contributed by atoms with van der Waals surface area (Å²) < 4.78 is 0.